The molecule has 1 atom stereocenters. The zero-order valence-electron chi connectivity index (χ0n) is 10.3. The van der Waals surface area contributed by atoms with E-state index >= 15 is 0 Å². The van der Waals surface area contributed by atoms with Crippen LogP contribution in [0.3, 0.4) is 0 Å². The summed E-state index contributed by atoms with van der Waals surface area (Å²) in [5.74, 6) is 5.86. The van der Waals surface area contributed by atoms with Crippen LogP contribution in [0.1, 0.15) is 30.0 Å². The minimum atomic E-state index is -4.19. The summed E-state index contributed by atoms with van der Waals surface area (Å²) < 4.78 is 41.8. The van der Waals surface area contributed by atoms with Gasteiger partial charge in [-0.2, -0.15) is 13.2 Å². The smallest absolute Gasteiger partial charge is 0.389 e. The second kappa shape index (κ2) is 6.06. The highest BCUT2D eigenvalue weighted by Gasteiger charge is 2.29. The van der Waals surface area contributed by atoms with Crippen molar-refractivity contribution in [1.82, 2.24) is 5.43 Å². The van der Waals surface area contributed by atoms with E-state index in [1.54, 1.807) is 12.1 Å². The molecule has 1 aromatic carbocycles. The van der Waals surface area contributed by atoms with Crippen LogP contribution in [0.15, 0.2) is 18.2 Å². The lowest BCUT2D eigenvalue weighted by Gasteiger charge is -2.20. The number of hydrogen-bond acceptors (Lipinski definition) is 3. The third kappa shape index (κ3) is 4.19. The summed E-state index contributed by atoms with van der Waals surface area (Å²) in [6, 6.07) is 4.74. The second-order valence-electron chi connectivity index (χ2n) is 4.12. The Labute approximate surface area is 104 Å². The molecule has 102 valence electrons. The number of nitrogens with one attached hydrogen (secondary N) is 1. The highest BCUT2D eigenvalue weighted by atomic mass is 19.4. The van der Waals surface area contributed by atoms with Crippen molar-refractivity contribution >= 4 is 0 Å². The lowest BCUT2D eigenvalue weighted by molar-refractivity contribution is -0.136. The van der Waals surface area contributed by atoms with E-state index in [1.807, 2.05) is 13.0 Å². The fourth-order valence-corrected chi connectivity index (χ4v) is 1.74. The Morgan fingerprint density at radius 3 is 2.56 bits per heavy atom. The molecular formula is C12H17F3N2O. The topological polar surface area (TPSA) is 47.3 Å². The summed E-state index contributed by atoms with van der Waals surface area (Å²) >= 11 is 0. The summed E-state index contributed by atoms with van der Waals surface area (Å²) in [4.78, 5) is 0. The first-order valence-corrected chi connectivity index (χ1v) is 5.55. The Kier molecular flexibility index (Phi) is 4.98. The molecular weight excluding hydrogens is 245 g/mol. The van der Waals surface area contributed by atoms with Gasteiger partial charge in [-0.05, 0) is 25.0 Å². The molecule has 0 aliphatic carbocycles. The highest BCUT2D eigenvalue weighted by molar-refractivity contribution is 5.39. The molecule has 0 saturated carbocycles. The van der Waals surface area contributed by atoms with Gasteiger partial charge in [0.15, 0.2) is 0 Å². The third-order valence-corrected chi connectivity index (χ3v) is 2.68. The number of nitrogens with two attached hydrogens (primary N) is 1. The van der Waals surface area contributed by atoms with Crippen molar-refractivity contribution in [2.75, 3.05) is 7.11 Å². The van der Waals surface area contributed by atoms with Gasteiger partial charge in [0.2, 0.25) is 0 Å². The molecule has 0 spiro atoms. The van der Waals surface area contributed by atoms with Crippen LogP contribution in [-0.4, -0.2) is 13.3 Å². The van der Waals surface area contributed by atoms with Gasteiger partial charge in [-0.15, -0.1) is 0 Å². The average Bonchev–Trinajstić information content (AvgIpc) is 2.29. The molecule has 1 rings (SSSR count). The molecule has 0 aliphatic heterocycles. The van der Waals surface area contributed by atoms with Gasteiger partial charge in [0, 0.05) is 18.0 Å². The molecule has 18 heavy (non-hydrogen) atoms. The van der Waals surface area contributed by atoms with E-state index in [2.05, 4.69) is 5.43 Å². The Hall–Kier alpha value is -1.27. The van der Waals surface area contributed by atoms with Gasteiger partial charge in [-0.3, -0.25) is 11.3 Å². The van der Waals surface area contributed by atoms with Gasteiger partial charge in [-0.1, -0.05) is 12.1 Å². The van der Waals surface area contributed by atoms with Crippen molar-refractivity contribution in [3.63, 3.8) is 0 Å². The van der Waals surface area contributed by atoms with E-state index in [1.165, 1.54) is 7.11 Å². The maximum Gasteiger partial charge on any atom is 0.389 e. The number of hydrazine groups is 1. The number of hydrogen-bond donors (Lipinski definition) is 2. The fraction of sp³-hybridized carbons (Fsp3) is 0.500. The lowest BCUT2D eigenvalue weighted by atomic mass is 10.00. The molecule has 0 heterocycles. The summed E-state index contributed by atoms with van der Waals surface area (Å²) in [5.41, 5.74) is 4.01. The highest BCUT2D eigenvalue weighted by Crippen LogP contribution is 2.32. The second-order valence-corrected chi connectivity index (χ2v) is 4.12. The van der Waals surface area contributed by atoms with Crippen molar-refractivity contribution < 1.29 is 17.9 Å². The van der Waals surface area contributed by atoms with E-state index < -0.39 is 18.6 Å². The largest absolute Gasteiger partial charge is 0.496 e. The monoisotopic (exact) mass is 262 g/mol. The molecule has 0 bridgehead atoms. The first kappa shape index (κ1) is 14.8. The van der Waals surface area contributed by atoms with Crippen LogP contribution in [0, 0.1) is 6.92 Å². The van der Waals surface area contributed by atoms with Crippen LogP contribution in [0.5, 0.6) is 5.75 Å². The van der Waals surface area contributed by atoms with Crippen molar-refractivity contribution in [1.29, 1.82) is 0 Å². The minimum absolute atomic E-state index is 0.126. The normalized spacial score (nSPS) is 13.4. The van der Waals surface area contributed by atoms with Crippen molar-refractivity contribution in [3.8, 4) is 5.75 Å². The molecule has 1 aromatic rings. The molecule has 0 radical (unpaired) electrons. The molecule has 0 saturated heterocycles. The predicted molar refractivity (Wildman–Crippen MR) is 63.1 cm³/mol. The van der Waals surface area contributed by atoms with Gasteiger partial charge in [0.1, 0.15) is 5.75 Å². The Morgan fingerprint density at radius 2 is 2.06 bits per heavy atom. The number of aryl methyl sites for hydroxylation is 1. The van der Waals surface area contributed by atoms with Crippen molar-refractivity contribution in [3.05, 3.63) is 29.3 Å². The van der Waals surface area contributed by atoms with Crippen LogP contribution in [0.2, 0.25) is 0 Å². The summed E-state index contributed by atoms with van der Waals surface area (Å²) in [7, 11) is 1.48. The lowest BCUT2D eigenvalue weighted by Crippen LogP contribution is -2.29. The number of alkyl halides is 3. The first-order chi connectivity index (χ1) is 8.37. The fourth-order valence-electron chi connectivity index (χ4n) is 1.74. The number of ether oxygens (including phenoxy) is 1. The van der Waals surface area contributed by atoms with Crippen molar-refractivity contribution in [2.45, 2.75) is 32.0 Å². The van der Waals surface area contributed by atoms with E-state index in [4.69, 9.17) is 10.6 Å². The molecule has 0 aromatic heterocycles. The SMILES string of the molecule is COc1cc(C)ccc1C(CCC(F)(F)F)NN. The molecule has 0 amide bonds. The van der Waals surface area contributed by atoms with Gasteiger partial charge >= 0.3 is 6.18 Å². The van der Waals surface area contributed by atoms with Gasteiger partial charge in [0.05, 0.1) is 7.11 Å². The summed E-state index contributed by atoms with van der Waals surface area (Å²) in [6.07, 6.45) is -5.20. The van der Waals surface area contributed by atoms with Crippen LogP contribution < -0.4 is 16.0 Å². The van der Waals surface area contributed by atoms with E-state index in [0.29, 0.717) is 11.3 Å². The first-order valence-electron chi connectivity index (χ1n) is 5.55. The van der Waals surface area contributed by atoms with E-state index in [0.717, 1.165) is 5.56 Å². The van der Waals surface area contributed by atoms with Crippen LogP contribution in [-0.2, 0) is 0 Å². The third-order valence-electron chi connectivity index (χ3n) is 2.68. The molecule has 3 N–H and O–H groups in total. The Morgan fingerprint density at radius 1 is 1.39 bits per heavy atom. The Balaban J connectivity index is 2.88. The number of methoxy groups -OCH3 is 1. The van der Waals surface area contributed by atoms with Gasteiger partial charge in [-0.25, -0.2) is 0 Å². The van der Waals surface area contributed by atoms with Gasteiger partial charge < -0.3 is 4.74 Å². The zero-order valence-corrected chi connectivity index (χ0v) is 10.3. The summed E-state index contributed by atoms with van der Waals surface area (Å²) in [5, 5.41) is 0. The van der Waals surface area contributed by atoms with E-state index in [-0.39, 0.29) is 6.42 Å². The summed E-state index contributed by atoms with van der Waals surface area (Å²) in [6.45, 7) is 1.88. The molecule has 3 nitrogen and oxygen atoms in total. The number of halogens is 3. The van der Waals surface area contributed by atoms with Crippen molar-refractivity contribution in [2.24, 2.45) is 5.84 Å². The maximum atomic E-state index is 12.2. The quantitative estimate of drug-likeness (QED) is 0.633. The van der Waals surface area contributed by atoms with Crippen LogP contribution in [0.4, 0.5) is 13.2 Å². The average molecular weight is 262 g/mol. The molecule has 6 heteroatoms. The minimum Gasteiger partial charge on any atom is -0.496 e. The number of benzene rings is 1. The van der Waals surface area contributed by atoms with Gasteiger partial charge in [0.25, 0.3) is 0 Å². The standard InChI is InChI=1S/C12H17F3N2O/c1-8-3-4-9(11(7-8)18-2)10(17-16)5-6-12(13,14)15/h3-4,7,10,17H,5-6,16H2,1-2H3. The number of rotatable bonds is 5. The van der Waals surface area contributed by atoms with E-state index in [9.17, 15) is 13.2 Å². The predicted octanol–water partition coefficient (Wildman–Crippen LogP) is 2.85. The Bertz CT molecular complexity index is 393. The van der Waals surface area contributed by atoms with Crippen LogP contribution in [0.25, 0.3) is 0 Å². The van der Waals surface area contributed by atoms with Crippen LogP contribution >= 0.6 is 0 Å². The zero-order chi connectivity index (χ0) is 13.8. The maximum absolute atomic E-state index is 12.2. The molecule has 1 unspecified atom stereocenters. The molecule has 0 fully saturated rings. The molecule has 0 aliphatic rings.